The summed E-state index contributed by atoms with van der Waals surface area (Å²) in [6.07, 6.45) is 3.28. The number of aryl methyl sites for hydroxylation is 2. The SMILES string of the molecule is Cc1nn(C)c(C)c1S(=O)(=O)N1CCc2cc(S(=O)(=O)N3CCCCC3)ccc21. The van der Waals surface area contributed by atoms with Gasteiger partial charge in [-0.15, -0.1) is 0 Å². The van der Waals surface area contributed by atoms with E-state index in [4.69, 9.17) is 0 Å². The molecule has 2 aliphatic rings. The molecule has 0 bridgehead atoms. The highest BCUT2D eigenvalue weighted by Crippen LogP contribution is 2.36. The quantitative estimate of drug-likeness (QED) is 0.728. The molecule has 158 valence electrons. The summed E-state index contributed by atoms with van der Waals surface area (Å²) in [5.74, 6) is 0. The van der Waals surface area contributed by atoms with Crippen molar-refractivity contribution in [3.05, 3.63) is 35.2 Å². The second-order valence-corrected chi connectivity index (χ2v) is 11.4. The first-order valence-corrected chi connectivity index (χ1v) is 12.7. The number of piperidine rings is 1. The molecule has 0 atom stereocenters. The van der Waals surface area contributed by atoms with Crippen LogP contribution in [0, 0.1) is 13.8 Å². The molecule has 0 radical (unpaired) electrons. The van der Waals surface area contributed by atoms with Crippen LogP contribution in [-0.2, 0) is 33.5 Å². The van der Waals surface area contributed by atoms with E-state index in [1.165, 1.54) is 14.7 Å². The minimum absolute atomic E-state index is 0.220. The summed E-state index contributed by atoms with van der Waals surface area (Å²) in [5, 5.41) is 4.23. The van der Waals surface area contributed by atoms with E-state index < -0.39 is 20.0 Å². The molecule has 1 fully saturated rings. The molecule has 4 rings (SSSR count). The molecule has 0 unspecified atom stereocenters. The number of rotatable bonds is 4. The van der Waals surface area contributed by atoms with Crippen molar-refractivity contribution in [2.75, 3.05) is 23.9 Å². The molecule has 1 saturated heterocycles. The maximum absolute atomic E-state index is 13.3. The smallest absolute Gasteiger partial charge is 0.268 e. The Morgan fingerprint density at radius 1 is 0.931 bits per heavy atom. The van der Waals surface area contributed by atoms with Crippen molar-refractivity contribution in [1.29, 1.82) is 0 Å². The van der Waals surface area contributed by atoms with Crippen LogP contribution in [0.25, 0.3) is 0 Å². The van der Waals surface area contributed by atoms with Crippen LogP contribution >= 0.6 is 0 Å². The topological polar surface area (TPSA) is 92.6 Å². The zero-order chi connectivity index (χ0) is 21.0. The molecule has 0 saturated carbocycles. The summed E-state index contributed by atoms with van der Waals surface area (Å²) in [4.78, 5) is 0.462. The van der Waals surface area contributed by atoms with Crippen LogP contribution in [0.5, 0.6) is 0 Å². The zero-order valence-corrected chi connectivity index (χ0v) is 18.6. The monoisotopic (exact) mass is 438 g/mol. The molecule has 0 N–H and O–H groups in total. The maximum Gasteiger partial charge on any atom is 0.268 e. The maximum atomic E-state index is 13.3. The van der Waals surface area contributed by atoms with Gasteiger partial charge in [0, 0.05) is 26.7 Å². The fraction of sp³-hybridized carbons (Fsp3) is 0.526. The first-order chi connectivity index (χ1) is 13.6. The second kappa shape index (κ2) is 7.10. The van der Waals surface area contributed by atoms with Crippen LogP contribution in [0.1, 0.15) is 36.2 Å². The third-order valence-corrected chi connectivity index (χ3v) is 9.81. The van der Waals surface area contributed by atoms with Gasteiger partial charge in [0.05, 0.1) is 22.0 Å². The highest BCUT2D eigenvalue weighted by Gasteiger charge is 2.36. The van der Waals surface area contributed by atoms with Crippen LogP contribution in [0.15, 0.2) is 28.0 Å². The molecule has 8 nitrogen and oxygen atoms in total. The minimum atomic E-state index is -3.77. The summed E-state index contributed by atoms with van der Waals surface area (Å²) in [6.45, 7) is 4.79. The fourth-order valence-electron chi connectivity index (χ4n) is 4.25. The Labute approximate surface area is 172 Å². The van der Waals surface area contributed by atoms with Crippen molar-refractivity contribution in [3.8, 4) is 0 Å². The van der Waals surface area contributed by atoms with Crippen molar-refractivity contribution in [2.24, 2.45) is 7.05 Å². The summed E-state index contributed by atoms with van der Waals surface area (Å²) < 4.78 is 57.0. The largest absolute Gasteiger partial charge is 0.271 e. The number of benzene rings is 1. The molecule has 3 heterocycles. The first kappa shape index (κ1) is 20.4. The van der Waals surface area contributed by atoms with Crippen molar-refractivity contribution < 1.29 is 16.8 Å². The number of sulfonamides is 2. The van der Waals surface area contributed by atoms with Gasteiger partial charge in [0.25, 0.3) is 10.0 Å². The predicted octanol–water partition coefficient (Wildman–Crippen LogP) is 1.96. The van der Waals surface area contributed by atoms with E-state index in [0.29, 0.717) is 43.1 Å². The minimum Gasteiger partial charge on any atom is -0.271 e. The lowest BCUT2D eigenvalue weighted by molar-refractivity contribution is 0.346. The molecule has 29 heavy (non-hydrogen) atoms. The lowest BCUT2D eigenvalue weighted by Gasteiger charge is -2.26. The van der Waals surface area contributed by atoms with Crippen LogP contribution in [0.2, 0.25) is 0 Å². The van der Waals surface area contributed by atoms with Crippen LogP contribution in [0.4, 0.5) is 5.69 Å². The Bertz CT molecular complexity index is 1160. The number of hydrogen-bond donors (Lipinski definition) is 0. The zero-order valence-electron chi connectivity index (χ0n) is 16.9. The van der Waals surface area contributed by atoms with Crippen LogP contribution in [-0.4, -0.2) is 50.6 Å². The summed E-state index contributed by atoms with van der Waals surface area (Å²) >= 11 is 0. The van der Waals surface area contributed by atoms with Crippen LogP contribution in [0.3, 0.4) is 0 Å². The van der Waals surface area contributed by atoms with Crippen LogP contribution < -0.4 is 4.31 Å². The van der Waals surface area contributed by atoms with Crippen molar-refractivity contribution in [1.82, 2.24) is 14.1 Å². The highest BCUT2D eigenvalue weighted by atomic mass is 32.2. The molecule has 10 heteroatoms. The summed E-state index contributed by atoms with van der Waals surface area (Å²) in [7, 11) is -5.60. The van der Waals surface area contributed by atoms with Crippen molar-refractivity contribution in [3.63, 3.8) is 0 Å². The Hall–Kier alpha value is -1.91. The molecule has 1 aromatic heterocycles. The van der Waals surface area contributed by atoms with Gasteiger partial charge < -0.3 is 0 Å². The van der Waals surface area contributed by atoms with Crippen molar-refractivity contribution in [2.45, 2.75) is 49.3 Å². The average molecular weight is 439 g/mol. The summed E-state index contributed by atoms with van der Waals surface area (Å²) in [5.41, 5.74) is 2.33. The number of nitrogens with zero attached hydrogens (tertiary/aromatic N) is 4. The van der Waals surface area contributed by atoms with Gasteiger partial charge in [-0.1, -0.05) is 6.42 Å². The number of anilines is 1. The molecule has 0 amide bonds. The van der Waals surface area contributed by atoms with E-state index in [0.717, 1.165) is 24.8 Å². The van der Waals surface area contributed by atoms with Gasteiger partial charge in [0.2, 0.25) is 10.0 Å². The van der Waals surface area contributed by atoms with Gasteiger partial charge in [0.1, 0.15) is 4.90 Å². The Kier molecular flexibility index (Phi) is 4.99. The van der Waals surface area contributed by atoms with Crippen molar-refractivity contribution >= 4 is 25.7 Å². The van der Waals surface area contributed by atoms with Gasteiger partial charge in [-0.25, -0.2) is 16.8 Å². The lowest BCUT2D eigenvalue weighted by Crippen LogP contribution is -2.35. The van der Waals surface area contributed by atoms with E-state index in [-0.39, 0.29) is 9.79 Å². The standard InChI is InChI=1S/C19H26N4O4S2/c1-14-19(15(2)21(3)20-14)29(26,27)23-12-9-16-13-17(7-8-18(16)23)28(24,25)22-10-5-4-6-11-22/h7-8,13H,4-6,9-12H2,1-3H3. The molecular weight excluding hydrogens is 412 g/mol. The van der Waals surface area contributed by atoms with Gasteiger partial charge in [-0.2, -0.15) is 9.40 Å². The van der Waals surface area contributed by atoms with Gasteiger partial charge >= 0.3 is 0 Å². The fourth-order valence-corrected chi connectivity index (χ4v) is 7.73. The van der Waals surface area contributed by atoms with Gasteiger partial charge in [-0.05, 0) is 56.9 Å². The van der Waals surface area contributed by atoms with Gasteiger partial charge in [-0.3, -0.25) is 8.99 Å². The summed E-state index contributed by atoms with van der Waals surface area (Å²) in [6, 6.07) is 4.79. The normalized spacial score (nSPS) is 18.2. The lowest BCUT2D eigenvalue weighted by atomic mass is 10.2. The van der Waals surface area contributed by atoms with E-state index in [1.807, 2.05) is 0 Å². The molecule has 2 aliphatic heterocycles. The van der Waals surface area contributed by atoms with E-state index >= 15 is 0 Å². The number of hydrogen-bond acceptors (Lipinski definition) is 5. The second-order valence-electron chi connectivity index (χ2n) is 7.71. The Morgan fingerprint density at radius 2 is 1.62 bits per heavy atom. The average Bonchev–Trinajstić information content (AvgIpc) is 3.23. The predicted molar refractivity (Wildman–Crippen MR) is 110 cm³/mol. The first-order valence-electron chi connectivity index (χ1n) is 9.80. The number of aromatic nitrogens is 2. The number of fused-ring (bicyclic) bond motifs is 1. The molecule has 0 aliphatic carbocycles. The third-order valence-electron chi connectivity index (χ3n) is 5.85. The van der Waals surface area contributed by atoms with Gasteiger partial charge in [0.15, 0.2) is 0 Å². The van der Waals surface area contributed by atoms with E-state index in [2.05, 4.69) is 5.10 Å². The van der Waals surface area contributed by atoms with E-state index in [1.54, 1.807) is 37.7 Å². The van der Waals surface area contributed by atoms with E-state index in [9.17, 15) is 16.8 Å². The molecule has 0 spiro atoms. The molecule has 2 aromatic rings. The molecular formula is C19H26N4O4S2. The Morgan fingerprint density at radius 3 is 2.24 bits per heavy atom. The molecule has 1 aromatic carbocycles. The Balaban J connectivity index is 1.70. The third kappa shape index (κ3) is 3.27. The highest BCUT2D eigenvalue weighted by molar-refractivity contribution is 7.93.